The number of rotatable bonds is 10. The zero-order valence-electron chi connectivity index (χ0n) is 28.6. The Labute approximate surface area is 276 Å². The summed E-state index contributed by atoms with van der Waals surface area (Å²) < 4.78 is 20.6. The van der Waals surface area contributed by atoms with Crippen molar-refractivity contribution in [2.75, 3.05) is 57.1 Å². The molecule has 1 amide bonds. The van der Waals surface area contributed by atoms with Crippen LogP contribution < -0.4 is 10.3 Å². The molecule has 1 saturated heterocycles. The van der Waals surface area contributed by atoms with E-state index >= 15 is 0 Å². The molecule has 0 radical (unpaired) electrons. The number of thiol groups is 1. The minimum absolute atomic E-state index is 0.0902. The van der Waals surface area contributed by atoms with Gasteiger partial charge in [0.2, 0.25) is 0 Å². The number of benzene rings is 1. The van der Waals surface area contributed by atoms with Gasteiger partial charge in [0.15, 0.2) is 5.82 Å². The molecule has 1 aromatic carbocycles. The van der Waals surface area contributed by atoms with Gasteiger partial charge in [0.25, 0.3) is 5.56 Å². The molecule has 1 atom stereocenters. The number of pyridine rings is 1. The number of likely N-dealkylation sites (tertiary alicyclic amines) is 1. The van der Waals surface area contributed by atoms with E-state index in [1.165, 1.54) is 0 Å². The second-order valence-corrected chi connectivity index (χ2v) is 24.9. The average molecular weight is 671 g/mol. The summed E-state index contributed by atoms with van der Waals surface area (Å²) in [6, 6.07) is 7.78. The molecular weight excluding hydrogens is 621 g/mol. The fourth-order valence-electron chi connectivity index (χ4n) is 5.58. The number of amides is 1. The topological polar surface area (TPSA) is 95.8 Å². The molecule has 0 saturated carbocycles. The molecule has 5 rings (SSSR count). The van der Waals surface area contributed by atoms with Crippen molar-refractivity contribution < 1.29 is 19.0 Å². The Kier molecular flexibility index (Phi) is 9.78. The van der Waals surface area contributed by atoms with Crippen molar-refractivity contribution >= 4 is 47.6 Å². The van der Waals surface area contributed by atoms with Gasteiger partial charge in [-0.1, -0.05) is 0 Å². The molecule has 4 heterocycles. The zero-order valence-corrected chi connectivity index (χ0v) is 30.3. The first-order valence-corrected chi connectivity index (χ1v) is 21.2. The highest BCUT2D eigenvalue weighted by Crippen LogP contribution is 2.54. The number of aryl methyl sites for hydroxylation is 1. The Morgan fingerprint density at radius 2 is 1.91 bits per heavy atom. The Bertz CT molecular complexity index is 1770. The van der Waals surface area contributed by atoms with Gasteiger partial charge in [-0.2, -0.15) is 0 Å². The number of carbonyl (C=O) groups is 1. The van der Waals surface area contributed by atoms with E-state index < -0.39 is 14.8 Å². The first-order valence-electron chi connectivity index (χ1n) is 16.1. The van der Waals surface area contributed by atoms with Crippen molar-refractivity contribution in [2.45, 2.75) is 59.3 Å². The Morgan fingerprint density at radius 1 is 1.13 bits per heavy atom. The summed E-state index contributed by atoms with van der Waals surface area (Å²) in [4.78, 5) is 38.2. The standard InChI is InChI=1S/C35H50N4O5S2/c1-24-18-27(43-14-11-25-10-9-13-38(22-25)34(41)44-35(2,3)4)20-28-31(24)37-32(29-19-26-12-16-45-30(26)21-36-29)39(33(28)40)23-42-15-17-46(5,6,7)8/h12,16,18-21,25,46H,9-11,13-15,17,22-23H2,1-8H3. The fraction of sp³-hybridized carbons (Fsp3) is 0.543. The lowest BCUT2D eigenvalue weighted by molar-refractivity contribution is 0.0154. The first kappa shape index (κ1) is 34.2. The van der Waals surface area contributed by atoms with E-state index in [0.717, 1.165) is 40.7 Å². The smallest absolute Gasteiger partial charge is 0.410 e. The third kappa shape index (κ3) is 8.80. The van der Waals surface area contributed by atoms with Crippen LogP contribution in [0.5, 0.6) is 5.75 Å². The fourth-order valence-corrected chi connectivity index (χ4v) is 7.17. The Balaban J connectivity index is 1.37. The van der Waals surface area contributed by atoms with Crippen molar-refractivity contribution in [2.24, 2.45) is 5.92 Å². The maximum Gasteiger partial charge on any atom is 0.410 e. The van der Waals surface area contributed by atoms with Gasteiger partial charge in [0, 0.05) is 19.3 Å². The number of hydrogen-bond donors (Lipinski definition) is 1. The largest absolute Gasteiger partial charge is 0.494 e. The molecule has 4 aromatic rings. The van der Waals surface area contributed by atoms with Gasteiger partial charge < -0.3 is 19.1 Å². The number of fused-ring (bicyclic) bond motifs is 2. The summed E-state index contributed by atoms with van der Waals surface area (Å²) in [5.74, 6) is 2.41. The van der Waals surface area contributed by atoms with E-state index in [2.05, 4.69) is 36.1 Å². The van der Waals surface area contributed by atoms with Crippen LogP contribution in [0, 0.1) is 12.8 Å². The summed E-state index contributed by atoms with van der Waals surface area (Å²) in [7, 11) is -1.76. The molecule has 0 aliphatic carbocycles. The second-order valence-electron chi connectivity index (χ2n) is 15.6. The van der Waals surface area contributed by atoms with Crippen LogP contribution >= 0.6 is 20.5 Å². The van der Waals surface area contributed by atoms with E-state index in [-0.39, 0.29) is 18.4 Å². The molecule has 46 heavy (non-hydrogen) atoms. The zero-order chi connectivity index (χ0) is 33.3. The van der Waals surface area contributed by atoms with Gasteiger partial charge in [-0.3, -0.25) is 23.5 Å². The van der Waals surface area contributed by atoms with E-state index in [4.69, 9.17) is 19.2 Å². The predicted octanol–water partition coefficient (Wildman–Crippen LogP) is 6.96. The molecule has 1 unspecified atom stereocenters. The van der Waals surface area contributed by atoms with Gasteiger partial charge >= 0.3 is 6.09 Å². The van der Waals surface area contributed by atoms with Crippen LogP contribution in [-0.2, 0) is 16.2 Å². The van der Waals surface area contributed by atoms with Crippen molar-refractivity contribution in [3.63, 3.8) is 0 Å². The number of thiophene rings is 1. The maximum atomic E-state index is 14.1. The molecule has 0 N–H and O–H groups in total. The summed E-state index contributed by atoms with van der Waals surface area (Å²) in [6.07, 6.45) is 13.6. The van der Waals surface area contributed by atoms with E-state index in [9.17, 15) is 9.59 Å². The van der Waals surface area contributed by atoms with Gasteiger partial charge in [-0.25, -0.2) is 9.78 Å². The average Bonchev–Trinajstić information content (AvgIpc) is 3.43. The molecule has 0 bridgehead atoms. The third-order valence-corrected chi connectivity index (χ3v) is 10.9. The molecular formula is C35H50N4O5S2. The highest BCUT2D eigenvalue weighted by Gasteiger charge is 2.28. The summed E-state index contributed by atoms with van der Waals surface area (Å²) in [6.45, 7) is 10.1. The normalized spacial score (nSPS) is 16.8. The van der Waals surface area contributed by atoms with Crippen LogP contribution in [0.25, 0.3) is 32.5 Å². The predicted molar refractivity (Wildman–Crippen MR) is 193 cm³/mol. The van der Waals surface area contributed by atoms with Crippen LogP contribution in [0.15, 0.2) is 40.6 Å². The minimum atomic E-state index is -1.76. The first-order chi connectivity index (χ1) is 21.5. The van der Waals surface area contributed by atoms with Crippen molar-refractivity contribution in [3.05, 3.63) is 51.8 Å². The molecule has 252 valence electrons. The van der Waals surface area contributed by atoms with Gasteiger partial charge in [0.05, 0.1) is 28.8 Å². The van der Waals surface area contributed by atoms with Crippen molar-refractivity contribution in [3.8, 4) is 17.3 Å². The van der Waals surface area contributed by atoms with Gasteiger partial charge in [-0.05, 0) is 124 Å². The van der Waals surface area contributed by atoms with E-state index in [1.54, 1.807) is 22.0 Å². The highest BCUT2D eigenvalue weighted by molar-refractivity contribution is 8.47. The lowest BCUT2D eigenvalue weighted by Gasteiger charge is -2.46. The number of hydrogen-bond acceptors (Lipinski definition) is 8. The number of piperidine rings is 1. The molecule has 9 nitrogen and oxygen atoms in total. The minimum Gasteiger partial charge on any atom is -0.494 e. The molecule has 1 aliphatic heterocycles. The van der Waals surface area contributed by atoms with Crippen molar-refractivity contribution in [1.82, 2.24) is 19.4 Å². The summed E-state index contributed by atoms with van der Waals surface area (Å²) in [5.41, 5.74) is 1.43. The van der Waals surface area contributed by atoms with E-state index in [0.29, 0.717) is 60.4 Å². The Hall–Kier alpha value is -3.15. The Morgan fingerprint density at radius 3 is 2.65 bits per heavy atom. The van der Waals surface area contributed by atoms with Crippen LogP contribution in [0.3, 0.4) is 0 Å². The van der Waals surface area contributed by atoms with Crippen LogP contribution in [0.4, 0.5) is 4.79 Å². The lowest BCUT2D eigenvalue weighted by atomic mass is 9.95. The second kappa shape index (κ2) is 13.2. The summed E-state index contributed by atoms with van der Waals surface area (Å²) in [5, 5.41) is 3.59. The maximum absolute atomic E-state index is 14.1. The molecule has 1 fully saturated rings. The van der Waals surface area contributed by atoms with Gasteiger partial charge in [-0.15, -0.1) is 11.3 Å². The van der Waals surface area contributed by atoms with Crippen LogP contribution in [0.1, 0.15) is 45.6 Å². The number of aromatic nitrogens is 3. The highest BCUT2D eigenvalue weighted by atomic mass is 32.3. The molecule has 3 aromatic heterocycles. The molecule has 11 heteroatoms. The molecule has 1 aliphatic rings. The van der Waals surface area contributed by atoms with E-state index in [1.807, 2.05) is 56.3 Å². The number of carbonyl (C=O) groups excluding carboxylic acids is 1. The third-order valence-electron chi connectivity index (χ3n) is 8.11. The van der Waals surface area contributed by atoms with Crippen molar-refractivity contribution in [1.29, 1.82) is 0 Å². The quantitative estimate of drug-likeness (QED) is 0.144. The lowest BCUT2D eigenvalue weighted by Crippen LogP contribution is -2.43. The SMILES string of the molecule is Cc1cc(OCCC2CCCN(C(=O)OC(C)(C)C)C2)cc2c(=O)n(COCC[SH](C)(C)(C)C)c(-c3cc4ccsc4cn3)nc12. The summed E-state index contributed by atoms with van der Waals surface area (Å²) >= 11 is 1.63. The monoisotopic (exact) mass is 670 g/mol. The number of nitrogens with zero attached hydrogens (tertiary/aromatic N) is 4. The molecule has 0 spiro atoms. The van der Waals surface area contributed by atoms with Gasteiger partial charge in [0.1, 0.15) is 23.8 Å². The number of ether oxygens (including phenoxy) is 3. The van der Waals surface area contributed by atoms with Crippen LogP contribution in [0.2, 0.25) is 0 Å². The van der Waals surface area contributed by atoms with Crippen LogP contribution in [-0.4, -0.2) is 88.2 Å².